The van der Waals surface area contributed by atoms with E-state index in [1.807, 2.05) is 0 Å². The Hall–Kier alpha value is -1.43. The fourth-order valence-corrected chi connectivity index (χ4v) is 4.75. The zero-order chi connectivity index (χ0) is 12.5. The molecule has 2 aromatic rings. The van der Waals surface area contributed by atoms with Crippen molar-refractivity contribution >= 4 is 30.8 Å². The lowest BCUT2D eigenvalue weighted by molar-refractivity contribution is 0.689. The second-order valence-corrected chi connectivity index (χ2v) is 7.00. The Labute approximate surface area is 110 Å². The monoisotopic (exact) mass is 253 g/mol. The van der Waals surface area contributed by atoms with Crippen LogP contribution in [0.1, 0.15) is 11.1 Å². The Bertz CT molecular complexity index is 552. The van der Waals surface area contributed by atoms with E-state index in [0.717, 1.165) is 0 Å². The van der Waals surface area contributed by atoms with Gasteiger partial charge in [-0.1, -0.05) is 60.7 Å². The number of hydrogen-bond donors (Lipinski definition) is 0. The highest BCUT2D eigenvalue weighted by Gasteiger charge is 2.22. The lowest BCUT2D eigenvalue weighted by Gasteiger charge is -2.26. The molecular weight excluding hydrogens is 237 g/mol. The van der Waals surface area contributed by atoms with Gasteiger partial charge in [0.1, 0.15) is 0 Å². The summed E-state index contributed by atoms with van der Waals surface area (Å²) in [6, 6.07) is 17.4. The lowest BCUT2D eigenvalue weighted by Crippen LogP contribution is -2.24. The maximum atomic E-state index is 2.35. The maximum absolute atomic E-state index is 2.35. The Balaban J connectivity index is 2.27. The van der Waals surface area contributed by atoms with Crippen LogP contribution in [0.3, 0.4) is 0 Å². The summed E-state index contributed by atoms with van der Waals surface area (Å²) >= 11 is 0. The molecule has 0 aromatic heterocycles. The van der Waals surface area contributed by atoms with Gasteiger partial charge >= 0.3 is 0 Å². The molecule has 0 N–H and O–H groups in total. The van der Waals surface area contributed by atoms with Crippen molar-refractivity contribution in [1.29, 1.82) is 0 Å². The molecule has 0 radical (unpaired) electrons. The van der Waals surface area contributed by atoms with Crippen LogP contribution in [0.2, 0.25) is 0 Å². The van der Waals surface area contributed by atoms with Crippen molar-refractivity contribution in [2.45, 2.75) is 0 Å². The van der Waals surface area contributed by atoms with Gasteiger partial charge in [0.25, 0.3) is 0 Å². The van der Waals surface area contributed by atoms with Gasteiger partial charge in [-0.25, -0.2) is 0 Å². The van der Waals surface area contributed by atoms with Crippen molar-refractivity contribution in [1.82, 2.24) is 4.67 Å². The molecule has 0 saturated heterocycles. The minimum absolute atomic E-state index is 0.418. The van der Waals surface area contributed by atoms with Gasteiger partial charge in [-0.15, -0.1) is 0 Å². The molecule has 0 bridgehead atoms. The summed E-state index contributed by atoms with van der Waals surface area (Å²) in [5.41, 5.74) is 2.68. The predicted molar refractivity (Wildman–Crippen MR) is 81.7 cm³/mol. The second kappa shape index (κ2) is 4.68. The molecule has 0 amide bonds. The summed E-state index contributed by atoms with van der Waals surface area (Å²) in [7, 11) is 3.92. The zero-order valence-corrected chi connectivity index (χ0v) is 11.6. The Morgan fingerprint density at radius 3 is 1.61 bits per heavy atom. The standard InChI is InChI=1S/C16H16NP/c1-17(2)18-15-9-5-3-7-13(15)11-12-14-8-4-6-10-16(14)18/h3-12H,1-2H3. The quantitative estimate of drug-likeness (QED) is 0.706. The van der Waals surface area contributed by atoms with E-state index >= 15 is 0 Å². The number of benzene rings is 2. The van der Waals surface area contributed by atoms with E-state index in [-0.39, 0.29) is 0 Å². The first-order valence-corrected chi connectivity index (χ1v) is 7.40. The predicted octanol–water partition coefficient (Wildman–Crippen LogP) is 3.08. The number of hydrogen-bond acceptors (Lipinski definition) is 1. The average Bonchev–Trinajstić information content (AvgIpc) is 2.55. The van der Waals surface area contributed by atoms with Crippen LogP contribution in [0.5, 0.6) is 0 Å². The maximum Gasteiger partial charge on any atom is 0.0288 e. The normalized spacial score (nSPS) is 14.2. The highest BCUT2D eigenvalue weighted by atomic mass is 31.1. The smallest absolute Gasteiger partial charge is 0.0288 e. The third-order valence-electron chi connectivity index (χ3n) is 3.17. The van der Waals surface area contributed by atoms with Crippen LogP contribution in [0, 0.1) is 0 Å². The van der Waals surface area contributed by atoms with Gasteiger partial charge in [0.2, 0.25) is 0 Å². The van der Waals surface area contributed by atoms with Crippen LogP contribution in [-0.2, 0) is 0 Å². The molecule has 0 saturated carbocycles. The number of nitrogens with zero attached hydrogens (tertiary/aromatic N) is 1. The number of fused-ring (bicyclic) bond motifs is 2. The fraction of sp³-hybridized carbons (Fsp3) is 0.125. The van der Waals surface area contributed by atoms with Crippen molar-refractivity contribution in [2.75, 3.05) is 14.1 Å². The number of rotatable bonds is 1. The Morgan fingerprint density at radius 2 is 1.17 bits per heavy atom. The summed E-state index contributed by atoms with van der Waals surface area (Å²) in [4.78, 5) is 0. The van der Waals surface area contributed by atoms with Gasteiger partial charge in [-0.05, 0) is 25.2 Å². The van der Waals surface area contributed by atoms with E-state index in [1.165, 1.54) is 21.7 Å². The van der Waals surface area contributed by atoms with Gasteiger partial charge in [-0.3, -0.25) is 4.67 Å². The van der Waals surface area contributed by atoms with Crippen LogP contribution in [0.4, 0.5) is 0 Å². The SMILES string of the molecule is CN(C)P1c2ccccc2C=Cc2ccccc21. The molecule has 0 unspecified atom stereocenters. The first-order valence-electron chi connectivity index (χ1n) is 6.11. The fourth-order valence-electron chi connectivity index (χ4n) is 2.38. The van der Waals surface area contributed by atoms with Crippen molar-refractivity contribution in [3.63, 3.8) is 0 Å². The molecule has 0 aliphatic carbocycles. The molecule has 1 nitrogen and oxygen atoms in total. The third-order valence-corrected chi connectivity index (χ3v) is 5.70. The average molecular weight is 253 g/mol. The van der Waals surface area contributed by atoms with Crippen molar-refractivity contribution in [2.24, 2.45) is 0 Å². The second-order valence-electron chi connectivity index (χ2n) is 4.61. The molecule has 1 aliphatic heterocycles. The minimum atomic E-state index is -0.418. The summed E-state index contributed by atoms with van der Waals surface area (Å²) in [6.45, 7) is 0. The van der Waals surface area contributed by atoms with Gasteiger partial charge in [0.15, 0.2) is 0 Å². The van der Waals surface area contributed by atoms with Crippen LogP contribution in [0.15, 0.2) is 48.5 Å². The molecule has 2 heteroatoms. The molecule has 90 valence electrons. The first-order chi connectivity index (χ1) is 8.77. The van der Waals surface area contributed by atoms with E-state index in [0.29, 0.717) is 0 Å². The molecule has 3 rings (SSSR count). The van der Waals surface area contributed by atoms with Crippen molar-refractivity contribution < 1.29 is 0 Å². The molecule has 0 spiro atoms. The third kappa shape index (κ3) is 1.90. The Kier molecular flexibility index (Phi) is 3.03. The molecular formula is C16H16NP. The summed E-state index contributed by atoms with van der Waals surface area (Å²) in [5.74, 6) is 0. The summed E-state index contributed by atoms with van der Waals surface area (Å²) in [6.07, 6.45) is 4.47. The van der Waals surface area contributed by atoms with E-state index in [2.05, 4.69) is 79.4 Å². The van der Waals surface area contributed by atoms with Crippen molar-refractivity contribution in [3.05, 3.63) is 59.7 Å². The molecule has 1 heterocycles. The molecule has 1 aliphatic rings. The van der Waals surface area contributed by atoms with E-state index in [1.54, 1.807) is 0 Å². The summed E-state index contributed by atoms with van der Waals surface area (Å²) < 4.78 is 2.35. The van der Waals surface area contributed by atoms with Gasteiger partial charge in [-0.2, -0.15) is 0 Å². The molecule has 0 fully saturated rings. The topological polar surface area (TPSA) is 3.24 Å². The first kappa shape index (κ1) is 11.6. The highest BCUT2D eigenvalue weighted by Crippen LogP contribution is 2.40. The van der Waals surface area contributed by atoms with Crippen LogP contribution in [0.25, 0.3) is 12.2 Å². The van der Waals surface area contributed by atoms with Crippen molar-refractivity contribution in [3.8, 4) is 0 Å². The van der Waals surface area contributed by atoms with Crippen LogP contribution in [-0.4, -0.2) is 18.8 Å². The summed E-state index contributed by atoms with van der Waals surface area (Å²) in [5, 5.41) is 2.89. The largest absolute Gasteiger partial charge is 0.281 e. The Morgan fingerprint density at radius 1 is 0.722 bits per heavy atom. The van der Waals surface area contributed by atoms with E-state index in [4.69, 9.17) is 0 Å². The van der Waals surface area contributed by atoms with E-state index < -0.39 is 8.07 Å². The van der Waals surface area contributed by atoms with Gasteiger partial charge in [0.05, 0.1) is 0 Å². The van der Waals surface area contributed by atoms with Crippen LogP contribution >= 0.6 is 8.07 Å². The van der Waals surface area contributed by atoms with E-state index in [9.17, 15) is 0 Å². The van der Waals surface area contributed by atoms with Gasteiger partial charge < -0.3 is 0 Å². The molecule has 0 atom stereocenters. The highest BCUT2D eigenvalue weighted by molar-refractivity contribution is 7.71. The molecule has 2 aromatic carbocycles. The minimum Gasteiger partial charge on any atom is -0.281 e. The zero-order valence-electron chi connectivity index (χ0n) is 10.7. The van der Waals surface area contributed by atoms with Crippen LogP contribution < -0.4 is 10.6 Å². The lowest BCUT2D eigenvalue weighted by atomic mass is 10.1. The molecule has 18 heavy (non-hydrogen) atoms. The van der Waals surface area contributed by atoms with Gasteiger partial charge in [0, 0.05) is 18.7 Å².